The highest BCUT2D eigenvalue weighted by atomic mass is 79.9. The van der Waals surface area contributed by atoms with Crippen molar-refractivity contribution in [3.63, 3.8) is 0 Å². The van der Waals surface area contributed by atoms with Gasteiger partial charge in [0.15, 0.2) is 0 Å². The molecule has 1 amide bonds. The molecule has 0 atom stereocenters. The minimum absolute atomic E-state index is 0. The van der Waals surface area contributed by atoms with Crippen molar-refractivity contribution < 1.29 is 4.79 Å². The van der Waals surface area contributed by atoms with Gasteiger partial charge in [0.05, 0.1) is 12.4 Å². The predicted octanol–water partition coefficient (Wildman–Crippen LogP) is 3.99. The van der Waals surface area contributed by atoms with Crippen LogP contribution in [0.4, 0.5) is 5.69 Å². The van der Waals surface area contributed by atoms with Crippen LogP contribution in [-0.2, 0) is 4.79 Å². The largest absolute Gasteiger partial charge is 0.358 e. The molecule has 0 bridgehead atoms. The zero-order valence-corrected chi connectivity index (χ0v) is 13.3. The summed E-state index contributed by atoms with van der Waals surface area (Å²) in [5.74, 6) is 0.722. The Hall–Kier alpha value is -0.360. The van der Waals surface area contributed by atoms with Gasteiger partial charge in [-0.15, -0.1) is 28.7 Å². The summed E-state index contributed by atoms with van der Waals surface area (Å²) in [5.41, 5.74) is 0.614. The molecule has 1 heterocycles. The molecule has 98 valence electrons. The van der Waals surface area contributed by atoms with Gasteiger partial charge in [-0.2, -0.15) is 0 Å². The number of halogens is 3. The zero-order valence-electron chi connectivity index (χ0n) is 9.23. The molecule has 0 unspecified atom stereocenters. The van der Waals surface area contributed by atoms with E-state index in [-0.39, 0.29) is 22.9 Å². The first-order chi connectivity index (χ1) is 8.13. The SMILES string of the molecule is Br.O=C(CN1C=CSC1)Nc1cc(Cl)cc(Cl)c1. The summed E-state index contributed by atoms with van der Waals surface area (Å²) in [6, 6.07) is 4.96. The van der Waals surface area contributed by atoms with Crippen molar-refractivity contribution in [1.29, 1.82) is 0 Å². The number of hydrogen-bond acceptors (Lipinski definition) is 3. The first-order valence-electron chi connectivity index (χ1n) is 4.92. The fourth-order valence-electron chi connectivity index (χ4n) is 1.42. The number of nitrogens with one attached hydrogen (secondary N) is 1. The van der Waals surface area contributed by atoms with E-state index in [4.69, 9.17) is 23.2 Å². The van der Waals surface area contributed by atoms with Crippen LogP contribution in [-0.4, -0.2) is 23.2 Å². The summed E-state index contributed by atoms with van der Waals surface area (Å²) >= 11 is 13.3. The lowest BCUT2D eigenvalue weighted by molar-refractivity contribution is -0.116. The number of carbonyl (C=O) groups is 1. The number of amides is 1. The van der Waals surface area contributed by atoms with Crippen molar-refractivity contribution in [2.45, 2.75) is 0 Å². The fourth-order valence-corrected chi connectivity index (χ4v) is 2.66. The van der Waals surface area contributed by atoms with Crippen LogP contribution >= 0.6 is 51.9 Å². The molecule has 1 aliphatic rings. The lowest BCUT2D eigenvalue weighted by atomic mass is 10.3. The molecule has 18 heavy (non-hydrogen) atoms. The number of rotatable bonds is 3. The van der Waals surface area contributed by atoms with E-state index in [2.05, 4.69) is 5.32 Å². The molecule has 7 heteroatoms. The molecule has 0 fully saturated rings. The number of anilines is 1. The van der Waals surface area contributed by atoms with Crippen molar-refractivity contribution in [3.05, 3.63) is 39.9 Å². The topological polar surface area (TPSA) is 32.3 Å². The van der Waals surface area contributed by atoms with Crippen molar-refractivity contribution in [2.75, 3.05) is 17.7 Å². The maximum Gasteiger partial charge on any atom is 0.243 e. The third-order valence-electron chi connectivity index (χ3n) is 2.10. The molecule has 0 saturated carbocycles. The van der Waals surface area contributed by atoms with E-state index in [1.807, 2.05) is 16.5 Å². The van der Waals surface area contributed by atoms with Crippen LogP contribution in [0.15, 0.2) is 29.8 Å². The smallest absolute Gasteiger partial charge is 0.243 e. The monoisotopic (exact) mass is 368 g/mol. The standard InChI is InChI=1S/C11H10Cl2N2OS.BrH/c12-8-3-9(13)5-10(4-8)14-11(16)6-15-1-2-17-7-15;/h1-5H,6-7H2,(H,14,16);1H. The minimum Gasteiger partial charge on any atom is -0.358 e. The number of hydrogen-bond donors (Lipinski definition) is 1. The van der Waals surface area contributed by atoms with Crippen LogP contribution in [0.5, 0.6) is 0 Å². The third-order valence-corrected chi connectivity index (χ3v) is 3.33. The van der Waals surface area contributed by atoms with E-state index < -0.39 is 0 Å². The molecular formula is C11H11BrCl2N2OS. The summed E-state index contributed by atoms with van der Waals surface area (Å²) in [4.78, 5) is 13.6. The fraction of sp³-hybridized carbons (Fsp3) is 0.182. The molecule has 3 nitrogen and oxygen atoms in total. The average molecular weight is 370 g/mol. The normalized spacial score (nSPS) is 13.3. The van der Waals surface area contributed by atoms with Crippen molar-refractivity contribution in [2.24, 2.45) is 0 Å². The Bertz CT molecular complexity index is 450. The Labute approximate surface area is 130 Å². The van der Waals surface area contributed by atoms with Gasteiger partial charge in [-0.3, -0.25) is 4.79 Å². The van der Waals surface area contributed by atoms with Gasteiger partial charge in [0.25, 0.3) is 0 Å². The second-order valence-electron chi connectivity index (χ2n) is 3.53. The van der Waals surface area contributed by atoms with Gasteiger partial charge >= 0.3 is 0 Å². The first kappa shape index (κ1) is 15.7. The van der Waals surface area contributed by atoms with Gasteiger partial charge in [0, 0.05) is 21.9 Å². The van der Waals surface area contributed by atoms with Crippen LogP contribution in [0.25, 0.3) is 0 Å². The third kappa shape index (κ3) is 4.72. The Morgan fingerprint density at radius 2 is 2.00 bits per heavy atom. The highest BCUT2D eigenvalue weighted by molar-refractivity contribution is 8.93. The molecule has 0 radical (unpaired) electrons. The zero-order chi connectivity index (χ0) is 12.3. The molecule has 2 rings (SSSR count). The molecule has 1 aromatic rings. The highest BCUT2D eigenvalue weighted by Gasteiger charge is 2.10. The molecule has 1 aromatic carbocycles. The highest BCUT2D eigenvalue weighted by Crippen LogP contribution is 2.22. The van der Waals surface area contributed by atoms with E-state index >= 15 is 0 Å². The molecule has 0 aromatic heterocycles. The lowest BCUT2D eigenvalue weighted by Crippen LogP contribution is -2.27. The number of nitrogens with zero attached hydrogens (tertiary/aromatic N) is 1. The predicted molar refractivity (Wildman–Crippen MR) is 83.7 cm³/mol. The molecule has 0 saturated heterocycles. The number of carbonyl (C=O) groups excluding carboxylic acids is 1. The summed E-state index contributed by atoms with van der Waals surface area (Å²) in [7, 11) is 0. The van der Waals surface area contributed by atoms with E-state index in [9.17, 15) is 4.79 Å². The Balaban J connectivity index is 0.00000162. The lowest BCUT2D eigenvalue weighted by Gasteiger charge is -2.14. The van der Waals surface area contributed by atoms with Gasteiger partial charge in [0.1, 0.15) is 0 Å². The quantitative estimate of drug-likeness (QED) is 0.874. The number of benzene rings is 1. The van der Waals surface area contributed by atoms with E-state index in [0.29, 0.717) is 22.3 Å². The van der Waals surface area contributed by atoms with Crippen molar-refractivity contribution in [1.82, 2.24) is 4.90 Å². The summed E-state index contributed by atoms with van der Waals surface area (Å²) < 4.78 is 0. The van der Waals surface area contributed by atoms with E-state index in [1.165, 1.54) is 0 Å². The maximum absolute atomic E-state index is 11.7. The van der Waals surface area contributed by atoms with Crippen LogP contribution in [0, 0.1) is 0 Å². The molecule has 1 N–H and O–H groups in total. The second-order valence-corrected chi connectivity index (χ2v) is 5.27. The van der Waals surface area contributed by atoms with Crippen LogP contribution in [0.2, 0.25) is 10.0 Å². The molecule has 0 aliphatic carbocycles. The van der Waals surface area contributed by atoms with Gasteiger partial charge in [-0.25, -0.2) is 0 Å². The van der Waals surface area contributed by atoms with Crippen molar-refractivity contribution >= 4 is 63.5 Å². The van der Waals surface area contributed by atoms with E-state index in [1.54, 1.807) is 30.0 Å². The molecule has 1 aliphatic heterocycles. The van der Waals surface area contributed by atoms with Crippen molar-refractivity contribution in [3.8, 4) is 0 Å². The van der Waals surface area contributed by atoms with Crippen LogP contribution in [0.3, 0.4) is 0 Å². The van der Waals surface area contributed by atoms with Gasteiger partial charge in [-0.1, -0.05) is 23.2 Å². The van der Waals surface area contributed by atoms with Crippen LogP contribution < -0.4 is 5.32 Å². The molecular weight excluding hydrogens is 359 g/mol. The Kier molecular flexibility index (Phi) is 6.35. The number of thioether (sulfide) groups is 1. The first-order valence-corrected chi connectivity index (χ1v) is 6.72. The Morgan fingerprint density at radius 1 is 1.33 bits per heavy atom. The Morgan fingerprint density at radius 3 is 2.56 bits per heavy atom. The second kappa shape index (κ2) is 7.28. The average Bonchev–Trinajstić information content (AvgIpc) is 2.67. The van der Waals surface area contributed by atoms with Gasteiger partial charge in [0.2, 0.25) is 5.91 Å². The maximum atomic E-state index is 11.7. The van der Waals surface area contributed by atoms with Gasteiger partial charge < -0.3 is 10.2 Å². The van der Waals surface area contributed by atoms with Crippen LogP contribution in [0.1, 0.15) is 0 Å². The summed E-state index contributed by atoms with van der Waals surface area (Å²) in [6.07, 6.45) is 1.90. The molecule has 0 spiro atoms. The summed E-state index contributed by atoms with van der Waals surface area (Å²) in [6.45, 7) is 0.327. The minimum atomic E-state index is -0.0875. The van der Waals surface area contributed by atoms with E-state index in [0.717, 1.165) is 5.88 Å². The van der Waals surface area contributed by atoms with Gasteiger partial charge in [-0.05, 0) is 23.6 Å². The summed E-state index contributed by atoms with van der Waals surface area (Å²) in [5, 5.41) is 5.73.